The molecule has 178 valence electrons. The first-order chi connectivity index (χ1) is 15.6. The average Bonchev–Trinajstić information content (AvgIpc) is 3.18. The lowest BCUT2D eigenvalue weighted by Gasteiger charge is -2.32. The topological polar surface area (TPSA) is 67.8 Å². The molecule has 7 heteroatoms. The molecule has 0 N–H and O–H groups in total. The van der Waals surface area contributed by atoms with Gasteiger partial charge in [0.05, 0.1) is 12.2 Å². The Bertz CT molecular complexity index is 997. The zero-order valence-electron chi connectivity index (χ0n) is 20.7. The molecule has 2 aromatic heterocycles. The molecule has 2 aliphatic rings. The van der Waals surface area contributed by atoms with Crippen LogP contribution in [0.2, 0.25) is 0 Å². The Balaban J connectivity index is 1.43. The van der Waals surface area contributed by atoms with Crippen molar-refractivity contribution in [3.63, 3.8) is 0 Å². The highest BCUT2D eigenvalue weighted by Gasteiger charge is 2.31. The number of rotatable bonds is 4. The Morgan fingerprint density at radius 3 is 2.61 bits per heavy atom. The van der Waals surface area contributed by atoms with Gasteiger partial charge in [0.25, 0.3) is 0 Å². The summed E-state index contributed by atoms with van der Waals surface area (Å²) in [5.41, 5.74) is 4.66. The third kappa shape index (κ3) is 5.64. The molecule has 0 bridgehead atoms. The van der Waals surface area contributed by atoms with Crippen LogP contribution in [-0.4, -0.2) is 52.8 Å². The summed E-state index contributed by atoms with van der Waals surface area (Å²) in [5, 5.41) is 0. The summed E-state index contributed by atoms with van der Waals surface area (Å²) in [6.45, 7) is 14.9. The van der Waals surface area contributed by atoms with Gasteiger partial charge in [-0.3, -0.25) is 14.8 Å². The molecule has 2 aliphatic heterocycles. The van der Waals surface area contributed by atoms with Crippen molar-refractivity contribution in [3.05, 3.63) is 46.9 Å². The number of hydrogen-bond acceptors (Lipinski definition) is 6. The average molecular weight is 453 g/mol. The van der Waals surface area contributed by atoms with Crippen molar-refractivity contribution in [3.8, 4) is 5.88 Å². The van der Waals surface area contributed by atoms with Crippen molar-refractivity contribution in [1.82, 2.24) is 14.9 Å². The zero-order valence-corrected chi connectivity index (χ0v) is 20.7. The summed E-state index contributed by atoms with van der Waals surface area (Å²) in [7, 11) is 0. The van der Waals surface area contributed by atoms with Crippen molar-refractivity contribution < 1.29 is 14.3 Å². The van der Waals surface area contributed by atoms with Crippen LogP contribution in [0, 0.1) is 19.8 Å². The van der Waals surface area contributed by atoms with Gasteiger partial charge < -0.3 is 9.47 Å². The summed E-state index contributed by atoms with van der Waals surface area (Å²) < 4.78 is 11.4. The van der Waals surface area contributed by atoms with Crippen LogP contribution in [0.5, 0.6) is 5.88 Å². The molecule has 1 saturated heterocycles. The number of aromatic nitrogens is 2. The SMILES string of the molecule is Cc1cc(C[C@H]2CCN(C(C)c3ccc4c(n3)OCCN4C(=O)OC(C)(C)C)C2)cc(C)n1. The molecule has 0 spiro atoms. The van der Waals surface area contributed by atoms with Gasteiger partial charge in [0, 0.05) is 24.0 Å². The number of pyridine rings is 2. The van der Waals surface area contributed by atoms with Crippen LogP contribution in [-0.2, 0) is 11.2 Å². The highest BCUT2D eigenvalue weighted by atomic mass is 16.6. The number of anilines is 1. The number of amides is 1. The fraction of sp³-hybridized carbons (Fsp3) is 0.577. The van der Waals surface area contributed by atoms with Gasteiger partial charge in [-0.2, -0.15) is 0 Å². The highest BCUT2D eigenvalue weighted by molar-refractivity contribution is 5.89. The van der Waals surface area contributed by atoms with Gasteiger partial charge in [-0.25, -0.2) is 9.78 Å². The smallest absolute Gasteiger partial charge is 0.415 e. The third-order valence-corrected chi connectivity index (χ3v) is 6.28. The van der Waals surface area contributed by atoms with E-state index in [-0.39, 0.29) is 12.1 Å². The lowest BCUT2D eigenvalue weighted by atomic mass is 9.98. The fourth-order valence-electron chi connectivity index (χ4n) is 4.79. The predicted molar refractivity (Wildman–Crippen MR) is 129 cm³/mol. The number of ether oxygens (including phenoxy) is 2. The molecule has 4 rings (SSSR count). The maximum atomic E-state index is 12.6. The minimum Gasteiger partial charge on any atom is -0.474 e. The second-order valence-electron chi connectivity index (χ2n) is 10.3. The first kappa shape index (κ1) is 23.5. The Morgan fingerprint density at radius 2 is 1.91 bits per heavy atom. The van der Waals surface area contributed by atoms with E-state index in [1.165, 1.54) is 12.0 Å². The van der Waals surface area contributed by atoms with Crippen LogP contribution in [0.15, 0.2) is 24.3 Å². The van der Waals surface area contributed by atoms with Gasteiger partial charge in [-0.1, -0.05) is 0 Å². The molecule has 1 unspecified atom stereocenters. The summed E-state index contributed by atoms with van der Waals surface area (Å²) in [6.07, 6.45) is 1.90. The summed E-state index contributed by atoms with van der Waals surface area (Å²) in [5.74, 6) is 1.14. The molecule has 0 aromatic carbocycles. The molecule has 1 amide bonds. The summed E-state index contributed by atoms with van der Waals surface area (Å²) in [4.78, 5) is 26.1. The van der Waals surface area contributed by atoms with Crippen LogP contribution in [0.25, 0.3) is 0 Å². The Kier molecular flexibility index (Phi) is 6.61. The number of hydrogen-bond donors (Lipinski definition) is 0. The van der Waals surface area contributed by atoms with Crippen LogP contribution >= 0.6 is 0 Å². The standard InChI is InChI=1S/C26H36N4O3/c1-17-13-21(14-18(2)27-17)15-20-9-10-29(16-20)19(3)22-7-8-23-24(28-22)32-12-11-30(23)25(31)33-26(4,5)6/h7-8,13-14,19-20H,9-12,15-16H2,1-6H3/t19?,20-/m1/s1. The third-order valence-electron chi connectivity index (χ3n) is 6.28. The van der Waals surface area contributed by atoms with Crippen molar-refractivity contribution in [2.24, 2.45) is 5.92 Å². The van der Waals surface area contributed by atoms with Crippen LogP contribution < -0.4 is 9.64 Å². The number of likely N-dealkylation sites (tertiary alicyclic amines) is 1. The van der Waals surface area contributed by atoms with Crippen molar-refractivity contribution >= 4 is 11.8 Å². The van der Waals surface area contributed by atoms with E-state index in [9.17, 15) is 4.79 Å². The Labute approximate surface area is 197 Å². The first-order valence-electron chi connectivity index (χ1n) is 11.9. The van der Waals surface area contributed by atoms with Gasteiger partial charge in [-0.15, -0.1) is 0 Å². The lowest BCUT2D eigenvalue weighted by Crippen LogP contribution is -2.41. The second-order valence-corrected chi connectivity index (χ2v) is 10.3. The normalized spacial score (nSPS) is 19.7. The van der Waals surface area contributed by atoms with E-state index >= 15 is 0 Å². The Morgan fingerprint density at radius 1 is 1.18 bits per heavy atom. The molecule has 0 aliphatic carbocycles. The molecular formula is C26H36N4O3. The highest BCUT2D eigenvalue weighted by Crippen LogP contribution is 2.35. The number of fused-ring (bicyclic) bond motifs is 1. The first-order valence-corrected chi connectivity index (χ1v) is 11.9. The van der Waals surface area contributed by atoms with Crippen LogP contribution in [0.1, 0.15) is 62.8 Å². The van der Waals surface area contributed by atoms with Crippen LogP contribution in [0.3, 0.4) is 0 Å². The maximum Gasteiger partial charge on any atom is 0.415 e. The van der Waals surface area contributed by atoms with E-state index in [2.05, 4.69) is 42.8 Å². The minimum absolute atomic E-state index is 0.182. The molecule has 33 heavy (non-hydrogen) atoms. The molecular weight excluding hydrogens is 416 g/mol. The minimum atomic E-state index is -0.544. The van der Waals surface area contributed by atoms with E-state index in [0.29, 0.717) is 30.6 Å². The summed E-state index contributed by atoms with van der Waals surface area (Å²) >= 11 is 0. The molecule has 2 aromatic rings. The molecule has 7 nitrogen and oxygen atoms in total. The number of carbonyl (C=O) groups excluding carboxylic acids is 1. The van der Waals surface area contributed by atoms with Gasteiger partial charge in [0.1, 0.15) is 17.9 Å². The van der Waals surface area contributed by atoms with Crippen molar-refractivity contribution in [1.29, 1.82) is 0 Å². The number of nitrogens with zero attached hydrogens (tertiary/aromatic N) is 4. The van der Waals surface area contributed by atoms with Gasteiger partial charge >= 0.3 is 6.09 Å². The fourth-order valence-corrected chi connectivity index (χ4v) is 4.79. The van der Waals surface area contributed by atoms with E-state index in [1.54, 1.807) is 4.90 Å². The number of carbonyl (C=O) groups is 1. The largest absolute Gasteiger partial charge is 0.474 e. The monoisotopic (exact) mass is 452 g/mol. The molecule has 4 heterocycles. The van der Waals surface area contributed by atoms with Gasteiger partial charge in [0.2, 0.25) is 5.88 Å². The quantitative estimate of drug-likeness (QED) is 0.660. The van der Waals surface area contributed by atoms with Gasteiger partial charge in [-0.05, 0) is 96.7 Å². The zero-order chi connectivity index (χ0) is 23.8. The Hall–Kier alpha value is -2.67. The summed E-state index contributed by atoms with van der Waals surface area (Å²) in [6, 6.07) is 8.54. The molecule has 2 atom stereocenters. The second kappa shape index (κ2) is 9.29. The van der Waals surface area contributed by atoms with E-state index < -0.39 is 5.60 Å². The van der Waals surface area contributed by atoms with Crippen molar-refractivity contribution in [2.45, 2.75) is 66.0 Å². The molecule has 0 radical (unpaired) electrons. The predicted octanol–water partition coefficient (Wildman–Crippen LogP) is 4.85. The van der Waals surface area contributed by atoms with Crippen LogP contribution in [0.4, 0.5) is 10.5 Å². The van der Waals surface area contributed by atoms with E-state index in [4.69, 9.17) is 14.5 Å². The molecule has 1 fully saturated rings. The lowest BCUT2D eigenvalue weighted by molar-refractivity contribution is 0.0566. The van der Waals surface area contributed by atoms with Crippen molar-refractivity contribution in [2.75, 3.05) is 31.1 Å². The van der Waals surface area contributed by atoms with E-state index in [1.807, 2.05) is 32.9 Å². The van der Waals surface area contributed by atoms with E-state index in [0.717, 1.165) is 36.6 Å². The van der Waals surface area contributed by atoms with Gasteiger partial charge in [0.15, 0.2) is 0 Å². The number of aryl methyl sites for hydroxylation is 2. The maximum absolute atomic E-state index is 12.6. The molecule has 0 saturated carbocycles.